The van der Waals surface area contributed by atoms with E-state index in [1.165, 1.54) is 18.2 Å². The van der Waals surface area contributed by atoms with Crippen LogP contribution in [0.4, 0.5) is 11.4 Å². The standard InChI is InChI=1S/C25H19BrClN3O5S/c1-2-34-21-11-16(10-18(26)23(21)35-14-15-6-4-3-5-7-15)12-22-24(31)29-25(36-22)28-19-9-8-17(27)13-20(19)30(32)33/h3-13H,2,14H2,1H3,(H,28,29,31)/b22-12+. The van der Waals surface area contributed by atoms with Gasteiger partial charge in [-0.05, 0) is 76.1 Å². The third-order valence-electron chi connectivity index (χ3n) is 4.86. The Morgan fingerprint density at radius 2 is 1.94 bits per heavy atom. The van der Waals surface area contributed by atoms with Crippen LogP contribution < -0.4 is 14.8 Å². The highest BCUT2D eigenvalue weighted by Gasteiger charge is 2.26. The Bertz CT molecular complexity index is 1380. The van der Waals surface area contributed by atoms with Crippen molar-refractivity contribution < 1.29 is 19.2 Å². The van der Waals surface area contributed by atoms with E-state index in [0.29, 0.717) is 39.7 Å². The first-order valence-corrected chi connectivity index (χ1v) is 12.7. The van der Waals surface area contributed by atoms with E-state index in [0.717, 1.165) is 17.3 Å². The first-order valence-electron chi connectivity index (χ1n) is 10.7. The van der Waals surface area contributed by atoms with Gasteiger partial charge in [-0.25, -0.2) is 4.99 Å². The number of nitrogens with zero attached hydrogens (tertiary/aromatic N) is 2. The number of nitrogens with one attached hydrogen (secondary N) is 1. The average molecular weight is 589 g/mol. The van der Waals surface area contributed by atoms with E-state index in [1.807, 2.05) is 43.3 Å². The van der Waals surface area contributed by atoms with Crippen LogP contribution in [-0.2, 0) is 11.4 Å². The summed E-state index contributed by atoms with van der Waals surface area (Å²) >= 11 is 10.5. The molecule has 0 aliphatic carbocycles. The van der Waals surface area contributed by atoms with E-state index in [9.17, 15) is 14.9 Å². The summed E-state index contributed by atoms with van der Waals surface area (Å²) in [4.78, 5) is 28.0. The summed E-state index contributed by atoms with van der Waals surface area (Å²) in [7, 11) is 0. The number of hydrogen-bond donors (Lipinski definition) is 1. The Labute approximate surface area is 224 Å². The molecule has 1 amide bonds. The lowest BCUT2D eigenvalue weighted by Crippen LogP contribution is -2.19. The Morgan fingerprint density at radius 1 is 1.17 bits per heavy atom. The molecule has 1 aliphatic heterocycles. The van der Waals surface area contributed by atoms with Crippen LogP contribution in [0.3, 0.4) is 0 Å². The quantitative estimate of drug-likeness (QED) is 0.175. The second-order valence-corrected chi connectivity index (χ2v) is 9.73. The van der Waals surface area contributed by atoms with Gasteiger partial charge in [0.15, 0.2) is 16.7 Å². The van der Waals surface area contributed by atoms with Gasteiger partial charge in [0.1, 0.15) is 12.3 Å². The van der Waals surface area contributed by atoms with Crippen LogP contribution in [0.2, 0.25) is 5.02 Å². The van der Waals surface area contributed by atoms with Crippen molar-refractivity contribution in [3.63, 3.8) is 0 Å². The van der Waals surface area contributed by atoms with Crippen molar-refractivity contribution in [3.05, 3.63) is 96.3 Å². The molecule has 1 N–H and O–H groups in total. The Balaban J connectivity index is 1.58. The van der Waals surface area contributed by atoms with Crippen LogP contribution in [0, 0.1) is 10.1 Å². The van der Waals surface area contributed by atoms with Crippen LogP contribution in [0.15, 0.2) is 75.0 Å². The number of carbonyl (C=O) groups excluding carboxylic acids is 1. The van der Waals surface area contributed by atoms with Gasteiger partial charge in [-0.1, -0.05) is 41.9 Å². The fourth-order valence-electron chi connectivity index (χ4n) is 3.28. The second kappa shape index (κ2) is 11.6. The largest absolute Gasteiger partial charge is 0.490 e. The minimum absolute atomic E-state index is 0.0924. The van der Waals surface area contributed by atoms with Gasteiger partial charge in [0.25, 0.3) is 11.6 Å². The predicted octanol–water partition coefficient (Wildman–Crippen LogP) is 6.88. The van der Waals surface area contributed by atoms with Crippen molar-refractivity contribution in [2.45, 2.75) is 13.5 Å². The number of amides is 1. The van der Waals surface area contributed by atoms with Crippen molar-refractivity contribution in [3.8, 4) is 11.5 Å². The van der Waals surface area contributed by atoms with E-state index in [-0.39, 0.29) is 27.5 Å². The number of rotatable bonds is 8. The van der Waals surface area contributed by atoms with E-state index < -0.39 is 4.92 Å². The van der Waals surface area contributed by atoms with Crippen LogP contribution in [-0.4, -0.2) is 22.6 Å². The van der Waals surface area contributed by atoms with Gasteiger partial charge < -0.3 is 14.8 Å². The third-order valence-corrected chi connectivity index (χ3v) is 6.60. The summed E-state index contributed by atoms with van der Waals surface area (Å²) in [6, 6.07) is 17.5. The highest BCUT2D eigenvalue weighted by atomic mass is 79.9. The van der Waals surface area contributed by atoms with Crippen molar-refractivity contribution in [1.82, 2.24) is 5.32 Å². The average Bonchev–Trinajstić information content (AvgIpc) is 3.18. The van der Waals surface area contributed by atoms with E-state index >= 15 is 0 Å². The van der Waals surface area contributed by atoms with Crippen molar-refractivity contribution in [2.75, 3.05) is 6.61 Å². The molecule has 0 atom stereocenters. The number of halogens is 2. The number of nitro groups is 1. The second-order valence-electron chi connectivity index (χ2n) is 7.41. The number of thioether (sulfide) groups is 1. The molecule has 4 rings (SSSR count). The molecule has 8 nitrogen and oxygen atoms in total. The highest BCUT2D eigenvalue weighted by Crippen LogP contribution is 2.39. The topological polar surface area (TPSA) is 103 Å². The zero-order valence-electron chi connectivity index (χ0n) is 18.9. The first kappa shape index (κ1) is 25.7. The van der Waals surface area contributed by atoms with Gasteiger partial charge >= 0.3 is 0 Å². The zero-order chi connectivity index (χ0) is 25.7. The molecule has 3 aromatic carbocycles. The van der Waals surface area contributed by atoms with E-state index in [2.05, 4.69) is 26.2 Å². The Morgan fingerprint density at radius 3 is 2.67 bits per heavy atom. The fraction of sp³-hybridized carbons (Fsp3) is 0.120. The number of carbonyl (C=O) groups is 1. The van der Waals surface area contributed by atoms with Crippen molar-refractivity contribution in [2.24, 2.45) is 4.99 Å². The van der Waals surface area contributed by atoms with Gasteiger partial charge in [0.2, 0.25) is 0 Å². The summed E-state index contributed by atoms with van der Waals surface area (Å²) < 4.78 is 12.5. The summed E-state index contributed by atoms with van der Waals surface area (Å²) in [6.45, 7) is 2.67. The third kappa shape index (κ3) is 6.26. The number of benzene rings is 3. The van der Waals surface area contributed by atoms with Gasteiger partial charge in [0, 0.05) is 11.1 Å². The van der Waals surface area contributed by atoms with E-state index in [1.54, 1.807) is 12.1 Å². The Hall–Kier alpha value is -3.34. The highest BCUT2D eigenvalue weighted by molar-refractivity contribution is 9.10. The molecule has 0 radical (unpaired) electrons. The fourth-order valence-corrected chi connectivity index (χ4v) is 4.86. The lowest BCUT2D eigenvalue weighted by atomic mass is 10.1. The number of amidine groups is 1. The molecule has 0 spiro atoms. The number of ether oxygens (including phenoxy) is 2. The van der Waals surface area contributed by atoms with Gasteiger partial charge in [0.05, 0.1) is 20.9 Å². The molecule has 36 heavy (non-hydrogen) atoms. The molecule has 1 aliphatic rings. The maximum absolute atomic E-state index is 12.6. The summed E-state index contributed by atoms with van der Waals surface area (Å²) in [5.74, 6) is 0.723. The number of nitro benzene ring substituents is 1. The molecular formula is C25H19BrClN3O5S. The number of aliphatic imine (C=N–C) groups is 1. The van der Waals surface area contributed by atoms with Crippen molar-refractivity contribution >= 4 is 67.8 Å². The van der Waals surface area contributed by atoms with Crippen LogP contribution in [0.1, 0.15) is 18.1 Å². The van der Waals surface area contributed by atoms with E-state index in [4.69, 9.17) is 21.1 Å². The maximum atomic E-state index is 12.6. The minimum atomic E-state index is -0.572. The molecule has 11 heteroatoms. The van der Waals surface area contributed by atoms with Crippen LogP contribution in [0.25, 0.3) is 6.08 Å². The van der Waals surface area contributed by atoms with Gasteiger partial charge in [-0.15, -0.1) is 0 Å². The molecule has 184 valence electrons. The lowest BCUT2D eigenvalue weighted by molar-refractivity contribution is -0.384. The van der Waals surface area contributed by atoms with Gasteiger partial charge in [-0.2, -0.15) is 0 Å². The summed E-state index contributed by atoms with van der Waals surface area (Å²) in [6.07, 6.45) is 1.69. The monoisotopic (exact) mass is 587 g/mol. The molecule has 0 aromatic heterocycles. The molecule has 3 aromatic rings. The SMILES string of the molecule is CCOc1cc(/C=C2/SC(=Nc3ccc(Cl)cc3[N+](=O)[O-])NC2=O)cc(Br)c1OCc1ccccc1. The lowest BCUT2D eigenvalue weighted by Gasteiger charge is -2.15. The van der Waals surface area contributed by atoms with Crippen LogP contribution in [0.5, 0.6) is 11.5 Å². The van der Waals surface area contributed by atoms with Gasteiger partial charge in [-0.3, -0.25) is 14.9 Å². The minimum Gasteiger partial charge on any atom is -0.490 e. The summed E-state index contributed by atoms with van der Waals surface area (Å²) in [5.41, 5.74) is 1.56. The molecule has 1 fully saturated rings. The normalized spacial score (nSPS) is 15.2. The first-order chi connectivity index (χ1) is 17.3. The Kier molecular flexibility index (Phi) is 8.29. The predicted molar refractivity (Wildman–Crippen MR) is 145 cm³/mol. The van der Waals surface area contributed by atoms with Crippen molar-refractivity contribution in [1.29, 1.82) is 0 Å². The smallest absolute Gasteiger partial charge is 0.296 e. The van der Waals surface area contributed by atoms with Crippen LogP contribution >= 0.6 is 39.3 Å². The molecule has 0 saturated carbocycles. The molecule has 1 heterocycles. The summed E-state index contributed by atoms with van der Waals surface area (Å²) in [5, 5.41) is 14.4. The molecule has 0 bridgehead atoms. The zero-order valence-corrected chi connectivity index (χ0v) is 22.0. The molecule has 0 unspecified atom stereocenters. The number of hydrogen-bond acceptors (Lipinski definition) is 7. The maximum Gasteiger partial charge on any atom is 0.296 e. The molecular weight excluding hydrogens is 570 g/mol. The molecule has 1 saturated heterocycles.